The maximum absolute atomic E-state index is 12.7. The van der Waals surface area contributed by atoms with Gasteiger partial charge in [-0.1, -0.05) is 30.3 Å². The van der Waals surface area contributed by atoms with Crippen LogP contribution in [0.15, 0.2) is 54.6 Å². The van der Waals surface area contributed by atoms with E-state index in [0.717, 1.165) is 51.0 Å². The first-order chi connectivity index (χ1) is 14.6. The summed E-state index contributed by atoms with van der Waals surface area (Å²) in [6, 6.07) is 18.0. The van der Waals surface area contributed by atoms with Gasteiger partial charge in [-0.15, -0.1) is 0 Å². The molecule has 5 nitrogen and oxygen atoms in total. The molecule has 1 unspecified atom stereocenters. The monoisotopic (exact) mass is 406 g/mol. The lowest BCUT2D eigenvalue weighted by Crippen LogP contribution is -2.46. The van der Waals surface area contributed by atoms with Gasteiger partial charge < -0.3 is 9.64 Å². The molecule has 0 aliphatic carbocycles. The molecule has 0 radical (unpaired) electrons. The first-order valence-corrected chi connectivity index (χ1v) is 10.9. The van der Waals surface area contributed by atoms with Crippen LogP contribution in [0.4, 0.5) is 0 Å². The van der Waals surface area contributed by atoms with E-state index >= 15 is 0 Å². The Labute approximate surface area is 178 Å². The van der Waals surface area contributed by atoms with Crippen molar-refractivity contribution in [3.8, 4) is 0 Å². The van der Waals surface area contributed by atoms with Gasteiger partial charge in [0.1, 0.15) is 0 Å². The molecule has 2 heterocycles. The quantitative estimate of drug-likeness (QED) is 0.712. The third-order valence-electron chi connectivity index (χ3n) is 6.51. The second-order valence-electron chi connectivity index (χ2n) is 8.43. The van der Waals surface area contributed by atoms with Crippen molar-refractivity contribution in [2.75, 3.05) is 33.3 Å². The normalized spacial score (nSPS) is 20.3. The molecular weight excluding hydrogens is 376 g/mol. The number of piperidine rings is 1. The predicted molar refractivity (Wildman–Crippen MR) is 117 cm³/mol. The van der Waals surface area contributed by atoms with E-state index in [1.165, 1.54) is 19.1 Å². The summed E-state index contributed by atoms with van der Waals surface area (Å²) < 4.78 is 4.77. The summed E-state index contributed by atoms with van der Waals surface area (Å²) in [5, 5.41) is 0. The number of methoxy groups -OCH3 is 1. The Balaban J connectivity index is 1.25. The Kier molecular flexibility index (Phi) is 6.48. The van der Waals surface area contributed by atoms with Crippen molar-refractivity contribution in [1.82, 2.24) is 9.80 Å². The van der Waals surface area contributed by atoms with Crippen LogP contribution < -0.4 is 0 Å². The third-order valence-corrected chi connectivity index (χ3v) is 6.51. The van der Waals surface area contributed by atoms with Gasteiger partial charge in [-0.25, -0.2) is 4.79 Å². The Hall–Kier alpha value is -2.66. The van der Waals surface area contributed by atoms with E-state index in [1.807, 2.05) is 59.5 Å². The van der Waals surface area contributed by atoms with Crippen molar-refractivity contribution in [1.29, 1.82) is 0 Å². The molecule has 1 atom stereocenters. The second kappa shape index (κ2) is 9.43. The van der Waals surface area contributed by atoms with Crippen LogP contribution in [0.3, 0.4) is 0 Å². The lowest BCUT2D eigenvalue weighted by Gasteiger charge is -2.37. The van der Waals surface area contributed by atoms with E-state index < -0.39 is 0 Å². The zero-order valence-electron chi connectivity index (χ0n) is 17.6. The van der Waals surface area contributed by atoms with Gasteiger partial charge >= 0.3 is 5.97 Å². The number of amides is 1. The molecule has 158 valence electrons. The van der Waals surface area contributed by atoms with Crippen molar-refractivity contribution in [3.05, 3.63) is 71.3 Å². The van der Waals surface area contributed by atoms with Crippen molar-refractivity contribution in [3.63, 3.8) is 0 Å². The molecule has 2 fully saturated rings. The average molecular weight is 407 g/mol. The SMILES string of the molecule is COC(=O)c1ccc(CC2CCN(C3CCN(C(=O)c4ccccc4)CC3)C2)cc1. The largest absolute Gasteiger partial charge is 0.465 e. The van der Waals surface area contributed by atoms with E-state index in [0.29, 0.717) is 17.5 Å². The van der Waals surface area contributed by atoms with E-state index in [2.05, 4.69) is 4.90 Å². The van der Waals surface area contributed by atoms with Crippen LogP contribution in [0.2, 0.25) is 0 Å². The number of carbonyl (C=O) groups excluding carboxylic acids is 2. The lowest BCUT2D eigenvalue weighted by molar-refractivity contribution is 0.0599. The van der Waals surface area contributed by atoms with Gasteiger partial charge in [0.15, 0.2) is 0 Å². The van der Waals surface area contributed by atoms with Crippen LogP contribution in [0, 0.1) is 5.92 Å². The maximum atomic E-state index is 12.7. The predicted octanol–water partition coefficient (Wildman–Crippen LogP) is 3.64. The molecule has 0 N–H and O–H groups in total. The number of rotatable bonds is 5. The summed E-state index contributed by atoms with van der Waals surface area (Å²) in [6.45, 7) is 3.95. The molecule has 30 heavy (non-hydrogen) atoms. The fraction of sp³-hybridized carbons (Fsp3) is 0.440. The molecule has 2 aromatic rings. The van der Waals surface area contributed by atoms with Gasteiger partial charge in [0.25, 0.3) is 5.91 Å². The highest BCUT2D eigenvalue weighted by molar-refractivity contribution is 5.94. The van der Waals surface area contributed by atoms with E-state index in [-0.39, 0.29) is 11.9 Å². The molecule has 0 bridgehead atoms. The fourth-order valence-corrected chi connectivity index (χ4v) is 4.79. The molecule has 0 saturated carbocycles. The molecule has 2 aliphatic rings. The van der Waals surface area contributed by atoms with E-state index in [4.69, 9.17) is 4.74 Å². The van der Waals surface area contributed by atoms with Crippen LogP contribution in [0.5, 0.6) is 0 Å². The number of nitrogens with zero attached hydrogens (tertiary/aromatic N) is 2. The second-order valence-corrected chi connectivity index (χ2v) is 8.43. The molecular formula is C25H30N2O3. The standard InChI is InChI=1S/C25H30N2O3/c1-30-25(29)22-9-7-19(8-10-22)17-20-11-14-27(18-20)23-12-15-26(16-13-23)24(28)21-5-3-2-4-6-21/h2-10,20,23H,11-18H2,1H3. The molecule has 2 aromatic carbocycles. The number of ether oxygens (including phenoxy) is 1. The molecule has 1 amide bonds. The first kappa shape index (κ1) is 20.6. The first-order valence-electron chi connectivity index (χ1n) is 10.9. The topological polar surface area (TPSA) is 49.9 Å². The van der Waals surface area contributed by atoms with E-state index in [1.54, 1.807) is 0 Å². The molecule has 4 rings (SSSR count). The van der Waals surface area contributed by atoms with Gasteiger partial charge in [0, 0.05) is 31.2 Å². The van der Waals surface area contributed by atoms with Crippen molar-refractivity contribution in [2.45, 2.75) is 31.7 Å². The van der Waals surface area contributed by atoms with Crippen LogP contribution in [-0.4, -0.2) is 61.0 Å². The van der Waals surface area contributed by atoms with E-state index in [9.17, 15) is 9.59 Å². The Bertz CT molecular complexity index is 858. The molecule has 2 aliphatic heterocycles. The Morgan fingerprint density at radius 3 is 2.27 bits per heavy atom. The van der Waals surface area contributed by atoms with Gasteiger partial charge in [-0.05, 0) is 68.0 Å². The number of hydrogen-bond donors (Lipinski definition) is 0. The van der Waals surface area contributed by atoms with Gasteiger partial charge in [0.05, 0.1) is 12.7 Å². The van der Waals surface area contributed by atoms with Gasteiger partial charge in [0.2, 0.25) is 0 Å². The number of esters is 1. The highest BCUT2D eigenvalue weighted by Crippen LogP contribution is 2.27. The minimum atomic E-state index is -0.286. The smallest absolute Gasteiger partial charge is 0.337 e. The highest BCUT2D eigenvalue weighted by atomic mass is 16.5. The summed E-state index contributed by atoms with van der Waals surface area (Å²) in [4.78, 5) is 28.9. The van der Waals surface area contributed by atoms with Gasteiger partial charge in [-0.3, -0.25) is 9.69 Å². The fourth-order valence-electron chi connectivity index (χ4n) is 4.79. The maximum Gasteiger partial charge on any atom is 0.337 e. The van der Waals surface area contributed by atoms with Crippen LogP contribution >= 0.6 is 0 Å². The molecule has 5 heteroatoms. The summed E-state index contributed by atoms with van der Waals surface area (Å²) >= 11 is 0. The molecule has 0 aromatic heterocycles. The minimum absolute atomic E-state index is 0.156. The molecule has 0 spiro atoms. The number of hydrogen-bond acceptors (Lipinski definition) is 4. The average Bonchev–Trinajstić information content (AvgIpc) is 3.27. The van der Waals surface area contributed by atoms with Gasteiger partial charge in [-0.2, -0.15) is 0 Å². The summed E-state index contributed by atoms with van der Waals surface area (Å²) in [5.74, 6) is 0.521. The van der Waals surface area contributed by atoms with Crippen molar-refractivity contribution in [2.24, 2.45) is 5.92 Å². The Morgan fingerprint density at radius 1 is 0.900 bits per heavy atom. The lowest BCUT2D eigenvalue weighted by atomic mass is 9.97. The summed E-state index contributed by atoms with van der Waals surface area (Å²) in [7, 11) is 1.41. The van der Waals surface area contributed by atoms with Crippen molar-refractivity contribution < 1.29 is 14.3 Å². The van der Waals surface area contributed by atoms with Crippen LogP contribution in [0.1, 0.15) is 45.5 Å². The molecule has 2 saturated heterocycles. The Morgan fingerprint density at radius 2 is 1.60 bits per heavy atom. The summed E-state index contributed by atoms with van der Waals surface area (Å²) in [6.07, 6.45) is 4.36. The summed E-state index contributed by atoms with van der Waals surface area (Å²) in [5.41, 5.74) is 2.67. The highest BCUT2D eigenvalue weighted by Gasteiger charge is 2.32. The zero-order valence-corrected chi connectivity index (χ0v) is 17.6. The van der Waals surface area contributed by atoms with Crippen LogP contribution in [0.25, 0.3) is 0 Å². The zero-order chi connectivity index (χ0) is 20.9. The van der Waals surface area contributed by atoms with Crippen molar-refractivity contribution >= 4 is 11.9 Å². The number of benzene rings is 2. The minimum Gasteiger partial charge on any atom is -0.465 e. The van der Waals surface area contributed by atoms with Crippen LogP contribution in [-0.2, 0) is 11.2 Å². The number of likely N-dealkylation sites (tertiary alicyclic amines) is 2. The third kappa shape index (κ3) is 4.73. The number of carbonyl (C=O) groups is 2.